The molecular weight excluding hydrogens is 233 g/mol. The van der Waals surface area contributed by atoms with Gasteiger partial charge in [0.05, 0.1) is 21.4 Å². The van der Waals surface area contributed by atoms with E-state index >= 15 is 0 Å². The van der Waals surface area contributed by atoms with Gasteiger partial charge in [0, 0.05) is 6.04 Å². The van der Waals surface area contributed by atoms with Crippen molar-refractivity contribution in [2.24, 2.45) is 4.99 Å². The Bertz CT molecular complexity index is 427. The molecule has 1 aliphatic rings. The molecule has 5 heteroatoms. The van der Waals surface area contributed by atoms with Crippen LogP contribution in [0.4, 0.5) is 11.4 Å². The smallest absolute Gasteiger partial charge is 0.224 e. The summed E-state index contributed by atoms with van der Waals surface area (Å²) >= 11 is 11.8. The molecule has 0 saturated heterocycles. The molecule has 1 heterocycles. The first-order valence-corrected chi connectivity index (χ1v) is 5.38. The van der Waals surface area contributed by atoms with Gasteiger partial charge < -0.3 is 5.32 Å². The molecule has 0 bridgehead atoms. The Labute approximate surface area is 98.5 Å². The summed E-state index contributed by atoms with van der Waals surface area (Å²) < 4.78 is 0. The number of halogens is 2. The molecule has 1 aromatic rings. The van der Waals surface area contributed by atoms with E-state index in [1.165, 1.54) is 0 Å². The number of guanidine groups is 1. The molecule has 1 aliphatic heterocycles. The molecule has 79 valence electrons. The minimum absolute atomic E-state index is 0.299. The van der Waals surface area contributed by atoms with E-state index in [0.717, 1.165) is 11.4 Å². The number of nitrogens with zero attached hydrogens (tertiary/aromatic N) is 2. The summed E-state index contributed by atoms with van der Waals surface area (Å²) in [5, 5.41) is 8.41. The van der Waals surface area contributed by atoms with E-state index in [4.69, 9.17) is 23.2 Å². The fourth-order valence-electron chi connectivity index (χ4n) is 1.28. The summed E-state index contributed by atoms with van der Waals surface area (Å²) in [5.74, 6) is 0.610. The highest BCUT2D eigenvalue weighted by molar-refractivity contribution is 6.42. The number of nitrogens with one attached hydrogen (secondary N) is 1. The van der Waals surface area contributed by atoms with Crippen molar-refractivity contribution >= 4 is 40.5 Å². The Kier molecular flexibility index (Phi) is 2.76. The van der Waals surface area contributed by atoms with Crippen LogP contribution in [0.25, 0.3) is 0 Å². The van der Waals surface area contributed by atoms with Crippen molar-refractivity contribution in [1.82, 2.24) is 10.6 Å². The lowest BCUT2D eigenvalue weighted by atomic mass is 10.3. The molecule has 0 fully saturated rings. The largest absolute Gasteiger partial charge is 0.352 e. The van der Waals surface area contributed by atoms with Crippen molar-refractivity contribution < 1.29 is 0 Å². The number of benzene rings is 1. The average Bonchev–Trinajstić information content (AvgIpc) is 2.46. The lowest BCUT2D eigenvalue weighted by Gasteiger charge is -2.07. The summed E-state index contributed by atoms with van der Waals surface area (Å²) in [4.78, 5) is 4.29. The zero-order chi connectivity index (χ0) is 11.0. The van der Waals surface area contributed by atoms with E-state index in [1.54, 1.807) is 12.1 Å². The van der Waals surface area contributed by atoms with E-state index in [-0.39, 0.29) is 0 Å². The molecule has 1 N–H and O–H groups in total. The summed E-state index contributed by atoms with van der Waals surface area (Å²) in [6.07, 6.45) is 0. The predicted octanol–water partition coefficient (Wildman–Crippen LogP) is 3.23. The van der Waals surface area contributed by atoms with Crippen molar-refractivity contribution in [3.05, 3.63) is 22.2 Å². The van der Waals surface area contributed by atoms with Gasteiger partial charge in [0.15, 0.2) is 0 Å². The molecular formula is C10H10Cl2N3. The second-order valence-electron chi connectivity index (χ2n) is 3.60. The standard InChI is InChI=1S/C10H10Cl2N3/c1-5(2)13-10-14-8-3-6(11)7(12)4-9(8)15-10/h3-5H,1-2H3,(H,13,14). The van der Waals surface area contributed by atoms with E-state index in [1.807, 2.05) is 13.8 Å². The highest BCUT2D eigenvalue weighted by Crippen LogP contribution is 2.37. The maximum atomic E-state index is 5.88. The molecule has 0 amide bonds. The van der Waals surface area contributed by atoms with E-state index in [9.17, 15) is 0 Å². The lowest BCUT2D eigenvalue weighted by Crippen LogP contribution is -2.33. The van der Waals surface area contributed by atoms with Crippen LogP contribution < -0.4 is 10.6 Å². The van der Waals surface area contributed by atoms with Crippen LogP contribution >= 0.6 is 23.2 Å². The zero-order valence-electron chi connectivity index (χ0n) is 8.38. The van der Waals surface area contributed by atoms with Gasteiger partial charge in [0.1, 0.15) is 0 Å². The Hall–Kier alpha value is -0.930. The second-order valence-corrected chi connectivity index (χ2v) is 4.42. The second kappa shape index (κ2) is 3.91. The van der Waals surface area contributed by atoms with Crippen LogP contribution in [0.15, 0.2) is 17.1 Å². The molecule has 0 spiro atoms. The Morgan fingerprint density at radius 3 is 2.33 bits per heavy atom. The van der Waals surface area contributed by atoms with Gasteiger partial charge in [-0.25, -0.2) is 10.3 Å². The van der Waals surface area contributed by atoms with Gasteiger partial charge in [-0.1, -0.05) is 23.2 Å². The molecule has 3 nitrogen and oxygen atoms in total. The number of aliphatic imine (C=N–C) groups is 1. The van der Waals surface area contributed by atoms with E-state index in [0.29, 0.717) is 22.0 Å². The highest BCUT2D eigenvalue weighted by atomic mass is 35.5. The molecule has 0 unspecified atom stereocenters. The first-order valence-electron chi connectivity index (χ1n) is 4.62. The van der Waals surface area contributed by atoms with Crippen LogP contribution in [0, 0.1) is 0 Å². The van der Waals surface area contributed by atoms with Gasteiger partial charge in [-0.2, -0.15) is 0 Å². The molecule has 0 aliphatic carbocycles. The topological polar surface area (TPSA) is 38.5 Å². The van der Waals surface area contributed by atoms with Crippen LogP contribution in [-0.4, -0.2) is 12.0 Å². The van der Waals surface area contributed by atoms with Crippen LogP contribution in [-0.2, 0) is 0 Å². The van der Waals surface area contributed by atoms with Gasteiger partial charge in [0.25, 0.3) is 0 Å². The number of fused-ring (bicyclic) bond motifs is 1. The third-order valence-corrected chi connectivity index (χ3v) is 2.61. The van der Waals surface area contributed by atoms with Crippen LogP contribution in [0.1, 0.15) is 13.8 Å². The summed E-state index contributed by atoms with van der Waals surface area (Å²) in [6, 6.07) is 3.74. The fourth-order valence-corrected chi connectivity index (χ4v) is 1.60. The number of hydrogen-bond donors (Lipinski definition) is 1. The minimum Gasteiger partial charge on any atom is -0.352 e. The predicted molar refractivity (Wildman–Crippen MR) is 63.6 cm³/mol. The van der Waals surface area contributed by atoms with Crippen molar-refractivity contribution in [1.29, 1.82) is 0 Å². The third-order valence-electron chi connectivity index (χ3n) is 1.89. The quantitative estimate of drug-likeness (QED) is 0.807. The minimum atomic E-state index is 0.299. The van der Waals surface area contributed by atoms with Gasteiger partial charge in [0.2, 0.25) is 5.96 Å². The zero-order valence-corrected chi connectivity index (χ0v) is 9.89. The molecule has 2 rings (SSSR count). The average molecular weight is 243 g/mol. The summed E-state index contributed by atoms with van der Waals surface area (Å²) in [6.45, 7) is 4.06. The molecule has 15 heavy (non-hydrogen) atoms. The molecule has 1 radical (unpaired) electrons. The maximum Gasteiger partial charge on any atom is 0.224 e. The molecule has 0 aromatic heterocycles. The lowest BCUT2D eigenvalue weighted by molar-refractivity contribution is 0.722. The normalized spacial score (nSPS) is 13.5. The maximum absolute atomic E-state index is 5.88. The number of hydrogen-bond acceptors (Lipinski definition) is 2. The van der Waals surface area contributed by atoms with Crippen LogP contribution in [0.5, 0.6) is 0 Å². The van der Waals surface area contributed by atoms with E-state index < -0.39 is 0 Å². The summed E-state index contributed by atoms with van der Waals surface area (Å²) in [5.41, 5.74) is 1.51. The molecule has 0 atom stereocenters. The summed E-state index contributed by atoms with van der Waals surface area (Å²) in [7, 11) is 0. The van der Waals surface area contributed by atoms with E-state index in [2.05, 4.69) is 15.6 Å². The van der Waals surface area contributed by atoms with Gasteiger partial charge >= 0.3 is 0 Å². The monoisotopic (exact) mass is 242 g/mol. The number of rotatable bonds is 1. The third kappa shape index (κ3) is 2.19. The fraction of sp³-hybridized carbons (Fsp3) is 0.300. The van der Waals surface area contributed by atoms with Crippen LogP contribution in [0.2, 0.25) is 10.0 Å². The van der Waals surface area contributed by atoms with Gasteiger partial charge in [-0.3, -0.25) is 0 Å². The Balaban J connectivity index is 2.26. The first kappa shape index (κ1) is 10.6. The van der Waals surface area contributed by atoms with Crippen molar-refractivity contribution in [3.8, 4) is 0 Å². The van der Waals surface area contributed by atoms with Gasteiger partial charge in [-0.15, -0.1) is 0 Å². The van der Waals surface area contributed by atoms with Crippen molar-refractivity contribution in [2.45, 2.75) is 19.9 Å². The van der Waals surface area contributed by atoms with Crippen molar-refractivity contribution in [2.75, 3.05) is 0 Å². The molecule has 1 aromatic carbocycles. The Morgan fingerprint density at radius 1 is 1.13 bits per heavy atom. The first-order chi connectivity index (χ1) is 7.06. The van der Waals surface area contributed by atoms with Gasteiger partial charge in [-0.05, 0) is 26.0 Å². The SMILES string of the molecule is CC(C)NC1=Nc2cc(Cl)c(Cl)cc2[N]1. The molecule has 0 saturated carbocycles. The van der Waals surface area contributed by atoms with Crippen molar-refractivity contribution in [3.63, 3.8) is 0 Å². The Morgan fingerprint density at radius 2 is 1.73 bits per heavy atom. The van der Waals surface area contributed by atoms with Crippen LogP contribution in [0.3, 0.4) is 0 Å². The highest BCUT2D eigenvalue weighted by Gasteiger charge is 2.18.